The van der Waals surface area contributed by atoms with Gasteiger partial charge in [0.05, 0.1) is 5.69 Å². The van der Waals surface area contributed by atoms with E-state index in [4.69, 9.17) is 12.2 Å². The summed E-state index contributed by atoms with van der Waals surface area (Å²) in [7, 11) is 0. The average molecular weight is 252 g/mol. The van der Waals surface area contributed by atoms with Crippen molar-refractivity contribution < 1.29 is 9.90 Å². The van der Waals surface area contributed by atoms with Crippen molar-refractivity contribution in [1.82, 2.24) is 5.32 Å². The van der Waals surface area contributed by atoms with E-state index in [0.717, 1.165) is 5.56 Å². The van der Waals surface area contributed by atoms with Crippen LogP contribution in [0.4, 0.5) is 5.69 Å². The molecule has 0 aliphatic heterocycles. The van der Waals surface area contributed by atoms with E-state index in [0.29, 0.717) is 11.6 Å². The topological polar surface area (TPSA) is 61.4 Å². The van der Waals surface area contributed by atoms with Crippen molar-refractivity contribution in [3.8, 4) is 5.75 Å². The second-order valence-corrected chi connectivity index (χ2v) is 4.47. The van der Waals surface area contributed by atoms with E-state index in [-0.39, 0.29) is 16.8 Å². The molecule has 1 rings (SSSR count). The van der Waals surface area contributed by atoms with Gasteiger partial charge in [-0.05, 0) is 35.8 Å². The normalized spacial score (nSPS) is 10.1. The highest BCUT2D eigenvalue weighted by Crippen LogP contribution is 2.27. The molecule has 0 atom stereocenters. The number of nitrogens with one attached hydrogen (secondary N) is 2. The highest BCUT2D eigenvalue weighted by Gasteiger charge is 2.07. The zero-order valence-corrected chi connectivity index (χ0v) is 10.9. The number of carbonyl (C=O) groups excluding carboxylic acids is 1. The molecule has 0 aliphatic rings. The first kappa shape index (κ1) is 13.4. The summed E-state index contributed by atoms with van der Waals surface area (Å²) in [5, 5.41) is 15.1. The Morgan fingerprint density at radius 1 is 1.41 bits per heavy atom. The standard InChI is InChI=1S/C12H16N2O2S/c1-7(2)9-4-5-11(16)10(6-9)14-12(17)13-8(3)15/h4-7,16H,1-3H3,(H2,13,14,15,17). The van der Waals surface area contributed by atoms with Gasteiger partial charge in [0.15, 0.2) is 5.11 Å². The molecule has 92 valence electrons. The molecule has 5 heteroatoms. The summed E-state index contributed by atoms with van der Waals surface area (Å²) in [6, 6.07) is 5.27. The number of benzene rings is 1. The maximum Gasteiger partial charge on any atom is 0.222 e. The number of thiocarbonyl (C=S) groups is 1. The minimum absolute atomic E-state index is 0.0992. The fraction of sp³-hybridized carbons (Fsp3) is 0.333. The predicted molar refractivity (Wildman–Crippen MR) is 72.2 cm³/mol. The Kier molecular flexibility index (Phi) is 4.45. The van der Waals surface area contributed by atoms with Gasteiger partial charge < -0.3 is 15.7 Å². The Labute approximate surface area is 106 Å². The third-order valence-corrected chi connectivity index (χ3v) is 2.43. The summed E-state index contributed by atoms with van der Waals surface area (Å²) in [5.41, 5.74) is 1.57. The largest absolute Gasteiger partial charge is 0.506 e. The lowest BCUT2D eigenvalue weighted by Crippen LogP contribution is -2.32. The molecular weight excluding hydrogens is 236 g/mol. The second-order valence-electron chi connectivity index (χ2n) is 4.07. The van der Waals surface area contributed by atoms with Crippen LogP contribution in [0.2, 0.25) is 0 Å². The van der Waals surface area contributed by atoms with E-state index in [1.54, 1.807) is 6.07 Å². The summed E-state index contributed by atoms with van der Waals surface area (Å²) in [5.74, 6) is 0.203. The van der Waals surface area contributed by atoms with E-state index < -0.39 is 0 Å². The quantitative estimate of drug-likeness (QED) is 0.558. The van der Waals surface area contributed by atoms with Gasteiger partial charge in [0.25, 0.3) is 0 Å². The molecule has 0 fully saturated rings. The van der Waals surface area contributed by atoms with Crippen LogP contribution in [0, 0.1) is 0 Å². The number of carbonyl (C=O) groups is 1. The predicted octanol–water partition coefficient (Wildman–Crippen LogP) is 2.35. The molecule has 0 aliphatic carbocycles. The Morgan fingerprint density at radius 3 is 2.59 bits per heavy atom. The molecule has 3 N–H and O–H groups in total. The number of anilines is 1. The Hall–Kier alpha value is -1.62. The zero-order chi connectivity index (χ0) is 13.0. The molecule has 0 unspecified atom stereocenters. The first-order valence-corrected chi connectivity index (χ1v) is 5.72. The number of phenolic OH excluding ortho intramolecular Hbond substituents is 1. The van der Waals surface area contributed by atoms with Crippen LogP contribution < -0.4 is 10.6 Å². The van der Waals surface area contributed by atoms with Gasteiger partial charge in [-0.2, -0.15) is 0 Å². The molecule has 0 saturated carbocycles. The molecule has 1 amide bonds. The number of hydrogen-bond donors (Lipinski definition) is 3. The third-order valence-electron chi connectivity index (χ3n) is 2.23. The van der Waals surface area contributed by atoms with Crippen molar-refractivity contribution in [3.05, 3.63) is 23.8 Å². The van der Waals surface area contributed by atoms with Crippen LogP contribution in [0.15, 0.2) is 18.2 Å². The third kappa shape index (κ3) is 4.03. The number of rotatable bonds is 2. The van der Waals surface area contributed by atoms with Crippen LogP contribution in [0.3, 0.4) is 0 Å². The molecule has 0 radical (unpaired) electrons. The number of aromatic hydroxyl groups is 1. The van der Waals surface area contributed by atoms with Gasteiger partial charge in [-0.1, -0.05) is 19.9 Å². The summed E-state index contributed by atoms with van der Waals surface area (Å²) in [4.78, 5) is 10.8. The summed E-state index contributed by atoms with van der Waals surface area (Å²) in [6.45, 7) is 5.49. The van der Waals surface area contributed by atoms with Crippen LogP contribution in [0.25, 0.3) is 0 Å². The summed E-state index contributed by atoms with van der Waals surface area (Å²) in [6.07, 6.45) is 0. The number of amides is 1. The van der Waals surface area contributed by atoms with Crippen molar-refractivity contribution in [2.45, 2.75) is 26.7 Å². The average Bonchev–Trinajstić information content (AvgIpc) is 2.19. The smallest absolute Gasteiger partial charge is 0.222 e. The first-order valence-electron chi connectivity index (χ1n) is 5.31. The van der Waals surface area contributed by atoms with Gasteiger partial charge in [-0.3, -0.25) is 4.79 Å². The van der Waals surface area contributed by atoms with Crippen LogP contribution in [0.1, 0.15) is 32.3 Å². The minimum atomic E-state index is -0.248. The highest BCUT2D eigenvalue weighted by molar-refractivity contribution is 7.80. The summed E-state index contributed by atoms with van der Waals surface area (Å²) < 4.78 is 0. The Bertz CT molecular complexity index is 444. The summed E-state index contributed by atoms with van der Waals surface area (Å²) >= 11 is 4.93. The molecule has 1 aromatic rings. The molecule has 0 saturated heterocycles. The maximum atomic E-state index is 10.8. The highest BCUT2D eigenvalue weighted by atomic mass is 32.1. The van der Waals surface area contributed by atoms with Crippen molar-refractivity contribution in [2.75, 3.05) is 5.32 Å². The van der Waals surface area contributed by atoms with E-state index in [1.165, 1.54) is 6.92 Å². The van der Waals surface area contributed by atoms with Crippen LogP contribution in [-0.2, 0) is 4.79 Å². The lowest BCUT2D eigenvalue weighted by Gasteiger charge is -2.12. The van der Waals surface area contributed by atoms with E-state index >= 15 is 0 Å². The van der Waals surface area contributed by atoms with Crippen molar-refractivity contribution in [2.24, 2.45) is 0 Å². The molecule has 0 aromatic heterocycles. The van der Waals surface area contributed by atoms with Gasteiger partial charge in [0, 0.05) is 6.92 Å². The zero-order valence-electron chi connectivity index (χ0n) is 10.1. The van der Waals surface area contributed by atoms with Gasteiger partial charge in [-0.25, -0.2) is 0 Å². The monoisotopic (exact) mass is 252 g/mol. The van der Waals surface area contributed by atoms with Crippen LogP contribution in [0.5, 0.6) is 5.75 Å². The lowest BCUT2D eigenvalue weighted by atomic mass is 10.0. The van der Waals surface area contributed by atoms with Gasteiger partial charge >= 0.3 is 0 Å². The van der Waals surface area contributed by atoms with Gasteiger partial charge in [0.2, 0.25) is 5.91 Å². The molecule has 1 aromatic carbocycles. The molecule has 4 nitrogen and oxygen atoms in total. The minimum Gasteiger partial charge on any atom is -0.506 e. The molecular formula is C12H16N2O2S. The van der Waals surface area contributed by atoms with Crippen LogP contribution in [-0.4, -0.2) is 16.1 Å². The first-order chi connectivity index (χ1) is 7.90. The molecule has 0 spiro atoms. The fourth-order valence-electron chi connectivity index (χ4n) is 1.33. The maximum absolute atomic E-state index is 10.8. The number of hydrogen-bond acceptors (Lipinski definition) is 3. The van der Waals surface area contributed by atoms with Crippen molar-refractivity contribution in [1.29, 1.82) is 0 Å². The Balaban J connectivity index is 2.86. The van der Waals surface area contributed by atoms with Gasteiger partial charge in [0.1, 0.15) is 5.75 Å². The molecule has 0 heterocycles. The van der Waals surface area contributed by atoms with Crippen molar-refractivity contribution in [3.63, 3.8) is 0 Å². The molecule has 0 bridgehead atoms. The second kappa shape index (κ2) is 5.63. The number of phenols is 1. The van der Waals surface area contributed by atoms with E-state index in [1.807, 2.05) is 12.1 Å². The van der Waals surface area contributed by atoms with Gasteiger partial charge in [-0.15, -0.1) is 0 Å². The van der Waals surface area contributed by atoms with Crippen molar-refractivity contribution >= 4 is 28.9 Å². The Morgan fingerprint density at radius 2 is 2.06 bits per heavy atom. The SMILES string of the molecule is CC(=O)NC(=S)Nc1cc(C(C)C)ccc1O. The van der Waals surface area contributed by atoms with E-state index in [9.17, 15) is 9.90 Å². The van der Waals surface area contributed by atoms with E-state index in [2.05, 4.69) is 24.5 Å². The van der Waals surface area contributed by atoms with Crippen LogP contribution >= 0.6 is 12.2 Å². The fourth-order valence-corrected chi connectivity index (χ4v) is 1.58. The molecule has 17 heavy (non-hydrogen) atoms. The lowest BCUT2D eigenvalue weighted by molar-refractivity contribution is -0.117.